The summed E-state index contributed by atoms with van der Waals surface area (Å²) < 4.78 is 0. The molecule has 20 heavy (non-hydrogen) atoms. The Bertz CT molecular complexity index is 485. The first-order valence-electron chi connectivity index (χ1n) is 6.61. The molecule has 1 aliphatic carbocycles. The maximum atomic E-state index is 12.3. The third-order valence-electron chi connectivity index (χ3n) is 3.50. The lowest BCUT2D eigenvalue weighted by Gasteiger charge is -2.28. The molecule has 4 N–H and O–H groups in total. The molecule has 2 rings (SSSR count). The van der Waals surface area contributed by atoms with Gasteiger partial charge in [-0.05, 0) is 37.7 Å². The summed E-state index contributed by atoms with van der Waals surface area (Å²) in [5.41, 5.74) is 2.63. The molecule has 5 nitrogen and oxygen atoms in total. The van der Waals surface area contributed by atoms with E-state index < -0.39 is 0 Å². The van der Waals surface area contributed by atoms with Crippen molar-refractivity contribution in [2.24, 2.45) is 5.84 Å². The number of thioether (sulfide) groups is 1. The highest BCUT2D eigenvalue weighted by molar-refractivity contribution is 7.99. The lowest BCUT2D eigenvalue weighted by molar-refractivity contribution is 0.0923. The summed E-state index contributed by atoms with van der Waals surface area (Å²) in [6.07, 6.45) is 6.49. The lowest BCUT2D eigenvalue weighted by Crippen LogP contribution is -2.39. The van der Waals surface area contributed by atoms with Crippen molar-refractivity contribution >= 4 is 35.1 Å². The number of amides is 1. The van der Waals surface area contributed by atoms with Gasteiger partial charge in [-0.25, -0.2) is 10.8 Å². The first-order valence-corrected chi connectivity index (χ1v) is 8.27. The molecule has 1 aromatic rings. The first-order chi connectivity index (χ1) is 9.63. The van der Waals surface area contributed by atoms with Gasteiger partial charge in [-0.15, -0.1) is 0 Å². The van der Waals surface area contributed by atoms with E-state index in [1.807, 2.05) is 11.8 Å². The van der Waals surface area contributed by atoms with Crippen LogP contribution < -0.4 is 16.6 Å². The highest BCUT2D eigenvalue weighted by Crippen LogP contribution is 2.27. The van der Waals surface area contributed by atoms with Gasteiger partial charge in [0.1, 0.15) is 11.5 Å². The molecular formula is C13H19ClN4OS. The number of carbonyl (C=O) groups is 1. The molecule has 1 heterocycles. The molecule has 1 fully saturated rings. The first kappa shape index (κ1) is 15.4. The molecule has 1 aromatic heterocycles. The number of nitrogen functional groups attached to an aromatic ring is 1. The second-order valence-electron chi connectivity index (χ2n) is 4.87. The van der Waals surface area contributed by atoms with Gasteiger partial charge in [0.05, 0.1) is 5.02 Å². The summed E-state index contributed by atoms with van der Waals surface area (Å²) in [6.45, 7) is 0. The summed E-state index contributed by atoms with van der Waals surface area (Å²) in [5, 5.41) is 3.98. The van der Waals surface area contributed by atoms with Crippen LogP contribution in [0.15, 0.2) is 12.1 Å². The minimum Gasteiger partial charge on any atom is -0.348 e. The van der Waals surface area contributed by atoms with E-state index in [0.717, 1.165) is 19.3 Å². The third kappa shape index (κ3) is 3.77. The van der Waals surface area contributed by atoms with Crippen LogP contribution in [0.3, 0.4) is 0 Å². The summed E-state index contributed by atoms with van der Waals surface area (Å²) in [7, 11) is 0. The van der Waals surface area contributed by atoms with Crippen LogP contribution in [0.4, 0.5) is 5.82 Å². The van der Waals surface area contributed by atoms with Crippen molar-refractivity contribution in [2.75, 3.05) is 11.7 Å². The van der Waals surface area contributed by atoms with E-state index in [4.69, 9.17) is 17.4 Å². The molecule has 1 saturated carbocycles. The Balaban J connectivity index is 2.04. The van der Waals surface area contributed by atoms with Crippen LogP contribution in [-0.2, 0) is 0 Å². The van der Waals surface area contributed by atoms with Gasteiger partial charge in [0, 0.05) is 11.3 Å². The van der Waals surface area contributed by atoms with Crippen LogP contribution in [0, 0.1) is 0 Å². The third-order valence-corrected chi connectivity index (χ3v) is 4.90. The quantitative estimate of drug-likeness (QED) is 0.587. The smallest absolute Gasteiger partial charge is 0.271 e. The molecule has 2 atom stereocenters. The van der Waals surface area contributed by atoms with Gasteiger partial charge >= 0.3 is 0 Å². The zero-order chi connectivity index (χ0) is 14.5. The predicted octanol–water partition coefficient (Wildman–Crippen LogP) is 2.42. The summed E-state index contributed by atoms with van der Waals surface area (Å²) in [5.74, 6) is 5.48. The standard InChI is InChI=1S/C13H19ClN4OS/c1-20-9-4-2-3-8(7-9)16-13(19)12-10(14)5-6-11(17-12)18-15/h5-6,8-9H,2-4,7,15H2,1H3,(H,16,19)(H,17,18). The second-order valence-corrected chi connectivity index (χ2v) is 6.41. The summed E-state index contributed by atoms with van der Waals surface area (Å²) >= 11 is 7.89. The zero-order valence-electron chi connectivity index (χ0n) is 11.4. The van der Waals surface area contributed by atoms with Crippen LogP contribution in [0.5, 0.6) is 0 Å². The van der Waals surface area contributed by atoms with Crippen molar-refractivity contribution in [3.8, 4) is 0 Å². The van der Waals surface area contributed by atoms with Crippen LogP contribution in [0.25, 0.3) is 0 Å². The van der Waals surface area contributed by atoms with E-state index in [2.05, 4.69) is 22.0 Å². The van der Waals surface area contributed by atoms with E-state index in [1.165, 1.54) is 6.42 Å². The number of hydrogen-bond donors (Lipinski definition) is 3. The lowest BCUT2D eigenvalue weighted by atomic mass is 9.95. The van der Waals surface area contributed by atoms with Gasteiger partial charge in [0.25, 0.3) is 5.91 Å². The van der Waals surface area contributed by atoms with Crippen molar-refractivity contribution < 1.29 is 4.79 Å². The van der Waals surface area contributed by atoms with Crippen molar-refractivity contribution in [2.45, 2.75) is 37.0 Å². The number of nitrogens with zero attached hydrogens (tertiary/aromatic N) is 1. The van der Waals surface area contributed by atoms with E-state index in [0.29, 0.717) is 16.1 Å². The Morgan fingerprint density at radius 1 is 1.50 bits per heavy atom. The molecule has 0 spiro atoms. The predicted molar refractivity (Wildman–Crippen MR) is 84.1 cm³/mol. The van der Waals surface area contributed by atoms with Crippen molar-refractivity contribution in [1.82, 2.24) is 10.3 Å². The highest BCUT2D eigenvalue weighted by atomic mass is 35.5. The Hall–Kier alpha value is -0.980. The van der Waals surface area contributed by atoms with Crippen molar-refractivity contribution in [3.63, 3.8) is 0 Å². The number of pyridine rings is 1. The molecule has 1 aliphatic rings. The summed E-state index contributed by atoms with van der Waals surface area (Å²) in [4.78, 5) is 16.4. The fraction of sp³-hybridized carbons (Fsp3) is 0.538. The number of nitrogens with one attached hydrogen (secondary N) is 2. The van der Waals surface area contributed by atoms with E-state index in [9.17, 15) is 4.79 Å². The number of halogens is 1. The largest absolute Gasteiger partial charge is 0.348 e. The van der Waals surface area contributed by atoms with E-state index in [1.54, 1.807) is 12.1 Å². The molecule has 0 aromatic carbocycles. The molecule has 110 valence electrons. The van der Waals surface area contributed by atoms with Crippen LogP contribution in [-0.4, -0.2) is 28.4 Å². The van der Waals surface area contributed by atoms with Crippen LogP contribution in [0.1, 0.15) is 36.2 Å². The molecule has 1 amide bonds. The minimum absolute atomic E-state index is 0.195. The Morgan fingerprint density at radius 3 is 3.00 bits per heavy atom. The van der Waals surface area contributed by atoms with Gasteiger partial charge in [-0.1, -0.05) is 18.0 Å². The zero-order valence-corrected chi connectivity index (χ0v) is 12.9. The highest BCUT2D eigenvalue weighted by Gasteiger charge is 2.24. The molecule has 0 bridgehead atoms. The fourth-order valence-electron chi connectivity index (χ4n) is 2.43. The molecule has 0 radical (unpaired) electrons. The van der Waals surface area contributed by atoms with Gasteiger partial charge in [-0.2, -0.15) is 11.8 Å². The Kier molecular flexibility index (Phi) is 5.51. The molecule has 7 heteroatoms. The fourth-order valence-corrected chi connectivity index (χ4v) is 3.44. The topological polar surface area (TPSA) is 80.0 Å². The SMILES string of the molecule is CSC1CCCC(NC(=O)c2nc(NN)ccc2Cl)C1. The van der Waals surface area contributed by atoms with E-state index in [-0.39, 0.29) is 17.6 Å². The number of anilines is 1. The Morgan fingerprint density at radius 2 is 2.30 bits per heavy atom. The molecule has 2 unspecified atom stereocenters. The number of rotatable bonds is 4. The van der Waals surface area contributed by atoms with Crippen molar-refractivity contribution in [1.29, 1.82) is 0 Å². The molecule has 0 saturated heterocycles. The second kappa shape index (κ2) is 7.15. The Labute approximate surface area is 128 Å². The number of carbonyl (C=O) groups excluding carboxylic acids is 1. The van der Waals surface area contributed by atoms with Crippen LogP contribution in [0.2, 0.25) is 5.02 Å². The summed E-state index contributed by atoms with van der Waals surface area (Å²) in [6, 6.07) is 3.44. The number of nitrogens with two attached hydrogens (primary N) is 1. The molecular weight excluding hydrogens is 296 g/mol. The average Bonchev–Trinajstić information content (AvgIpc) is 2.47. The van der Waals surface area contributed by atoms with Gasteiger partial charge in [-0.3, -0.25) is 4.79 Å². The van der Waals surface area contributed by atoms with Gasteiger partial charge < -0.3 is 10.7 Å². The minimum atomic E-state index is -0.237. The maximum absolute atomic E-state index is 12.3. The number of hydrazine groups is 1. The molecule has 0 aliphatic heterocycles. The number of aromatic nitrogens is 1. The normalized spacial score (nSPS) is 22.4. The number of hydrogen-bond acceptors (Lipinski definition) is 5. The van der Waals surface area contributed by atoms with Crippen molar-refractivity contribution in [3.05, 3.63) is 22.8 Å². The monoisotopic (exact) mass is 314 g/mol. The van der Waals surface area contributed by atoms with Gasteiger partial charge in [0.15, 0.2) is 0 Å². The maximum Gasteiger partial charge on any atom is 0.271 e. The average molecular weight is 315 g/mol. The van der Waals surface area contributed by atoms with E-state index >= 15 is 0 Å². The van der Waals surface area contributed by atoms with Crippen LogP contribution >= 0.6 is 23.4 Å². The van der Waals surface area contributed by atoms with Gasteiger partial charge in [0.2, 0.25) is 0 Å².